The molecule has 0 aliphatic heterocycles. The molecule has 0 amide bonds. The van der Waals surface area contributed by atoms with E-state index in [1.54, 1.807) is 20.8 Å². The Hall–Kier alpha value is -2.17. The van der Waals surface area contributed by atoms with E-state index in [4.69, 9.17) is 4.74 Å². The van der Waals surface area contributed by atoms with Crippen molar-refractivity contribution in [1.82, 2.24) is 4.98 Å². The number of esters is 1. The molecule has 19 heavy (non-hydrogen) atoms. The Morgan fingerprint density at radius 3 is 2.37 bits per heavy atom. The van der Waals surface area contributed by atoms with Gasteiger partial charge in [0, 0.05) is 17.3 Å². The number of H-pyrrole nitrogens is 1. The van der Waals surface area contributed by atoms with Crippen LogP contribution in [0.15, 0.2) is 12.2 Å². The summed E-state index contributed by atoms with van der Waals surface area (Å²) in [5.41, 5.74) is 2.07. The first-order chi connectivity index (χ1) is 8.88. The van der Waals surface area contributed by atoms with Gasteiger partial charge >= 0.3 is 5.97 Å². The highest BCUT2D eigenvalue weighted by atomic mass is 16.5. The zero-order valence-electron chi connectivity index (χ0n) is 11.5. The van der Waals surface area contributed by atoms with Crippen molar-refractivity contribution >= 4 is 17.5 Å². The van der Waals surface area contributed by atoms with Crippen LogP contribution >= 0.6 is 0 Å². The van der Waals surface area contributed by atoms with Gasteiger partial charge in [-0.05, 0) is 33.3 Å². The van der Waals surface area contributed by atoms with Crippen LogP contribution in [0.3, 0.4) is 0 Å². The van der Waals surface area contributed by atoms with E-state index in [9.17, 15) is 14.4 Å². The van der Waals surface area contributed by atoms with Gasteiger partial charge in [-0.25, -0.2) is 4.79 Å². The minimum Gasteiger partial charge on any atom is -0.454 e. The third-order valence-electron chi connectivity index (χ3n) is 2.72. The van der Waals surface area contributed by atoms with Gasteiger partial charge in [-0.1, -0.05) is 6.08 Å². The Morgan fingerprint density at radius 2 is 1.89 bits per heavy atom. The number of rotatable bonds is 5. The average molecular weight is 263 g/mol. The van der Waals surface area contributed by atoms with Gasteiger partial charge in [0.05, 0.1) is 5.69 Å². The maximum absolute atomic E-state index is 11.9. The van der Waals surface area contributed by atoms with Crippen LogP contribution in [-0.2, 0) is 9.53 Å². The molecule has 0 fully saturated rings. The second-order valence-corrected chi connectivity index (χ2v) is 4.21. The van der Waals surface area contributed by atoms with E-state index in [0.717, 1.165) is 0 Å². The second kappa shape index (κ2) is 6.13. The fraction of sp³-hybridized carbons (Fsp3) is 0.357. The first-order valence-electron chi connectivity index (χ1n) is 5.91. The van der Waals surface area contributed by atoms with Crippen LogP contribution in [0.2, 0.25) is 0 Å². The molecule has 1 N–H and O–H groups in total. The monoisotopic (exact) mass is 263 g/mol. The number of aryl methyl sites for hydroxylation is 1. The van der Waals surface area contributed by atoms with E-state index in [-0.39, 0.29) is 18.2 Å². The summed E-state index contributed by atoms with van der Waals surface area (Å²) in [5.74, 6) is -1.02. The lowest BCUT2D eigenvalue weighted by molar-refractivity contribution is -0.136. The quantitative estimate of drug-likeness (QED) is 0.501. The van der Waals surface area contributed by atoms with E-state index in [0.29, 0.717) is 22.5 Å². The van der Waals surface area contributed by atoms with Gasteiger partial charge in [-0.15, -0.1) is 0 Å². The topological polar surface area (TPSA) is 76.2 Å². The van der Waals surface area contributed by atoms with Crippen molar-refractivity contribution in [3.05, 3.63) is 34.7 Å². The number of Topliss-reactive ketones (excluding diaryl/α,β-unsaturated/α-hetero) is 2. The van der Waals surface area contributed by atoms with E-state index in [2.05, 4.69) is 4.98 Å². The molecule has 0 atom stereocenters. The van der Waals surface area contributed by atoms with Crippen molar-refractivity contribution < 1.29 is 19.1 Å². The maximum Gasteiger partial charge on any atom is 0.330 e. The Kier molecular flexibility index (Phi) is 4.80. The highest BCUT2D eigenvalue weighted by Gasteiger charge is 2.20. The molecule has 102 valence electrons. The molecule has 1 rings (SSSR count). The third-order valence-corrected chi connectivity index (χ3v) is 2.72. The molecular formula is C14H17NO4. The molecule has 1 aromatic heterocycles. The minimum atomic E-state index is -0.566. The summed E-state index contributed by atoms with van der Waals surface area (Å²) in [6.45, 7) is 6.21. The lowest BCUT2D eigenvalue weighted by Gasteiger charge is -2.01. The number of hydrogen-bond acceptors (Lipinski definition) is 4. The van der Waals surface area contributed by atoms with Crippen molar-refractivity contribution in [2.24, 2.45) is 0 Å². The van der Waals surface area contributed by atoms with Crippen LogP contribution < -0.4 is 0 Å². The lowest BCUT2D eigenvalue weighted by atomic mass is 10.1. The van der Waals surface area contributed by atoms with Crippen LogP contribution in [0.1, 0.15) is 46.0 Å². The zero-order valence-corrected chi connectivity index (χ0v) is 11.5. The first kappa shape index (κ1) is 14.9. The van der Waals surface area contributed by atoms with Crippen molar-refractivity contribution in [3.63, 3.8) is 0 Å². The Labute approximate surface area is 111 Å². The number of nitrogens with one attached hydrogen (secondary N) is 1. The fourth-order valence-electron chi connectivity index (χ4n) is 1.95. The largest absolute Gasteiger partial charge is 0.454 e. The SMILES string of the molecule is C/C=C/C(=O)OCC(=O)c1[nH]c(C)c(C(C)=O)c1C. The maximum atomic E-state index is 11.9. The number of ether oxygens (including phenoxy) is 1. The predicted octanol–water partition coefficient (Wildman–Crippen LogP) is 2.14. The molecule has 1 heterocycles. The van der Waals surface area contributed by atoms with Crippen LogP contribution in [0.4, 0.5) is 0 Å². The van der Waals surface area contributed by atoms with E-state index in [1.165, 1.54) is 19.1 Å². The predicted molar refractivity (Wildman–Crippen MR) is 70.4 cm³/mol. The minimum absolute atomic E-state index is 0.101. The van der Waals surface area contributed by atoms with Gasteiger partial charge < -0.3 is 9.72 Å². The molecule has 0 aliphatic rings. The van der Waals surface area contributed by atoms with Gasteiger partial charge in [0.2, 0.25) is 5.78 Å². The molecule has 0 saturated heterocycles. The number of aromatic nitrogens is 1. The number of hydrogen-bond donors (Lipinski definition) is 1. The molecule has 0 aliphatic carbocycles. The van der Waals surface area contributed by atoms with Gasteiger partial charge in [-0.2, -0.15) is 0 Å². The average Bonchev–Trinajstić information content (AvgIpc) is 2.62. The van der Waals surface area contributed by atoms with Crippen LogP contribution in [-0.4, -0.2) is 29.1 Å². The van der Waals surface area contributed by atoms with Gasteiger partial charge in [0.15, 0.2) is 12.4 Å². The molecule has 5 nitrogen and oxygen atoms in total. The van der Waals surface area contributed by atoms with Gasteiger partial charge in [0.1, 0.15) is 0 Å². The molecule has 0 aromatic carbocycles. The fourth-order valence-corrected chi connectivity index (χ4v) is 1.95. The van der Waals surface area contributed by atoms with Crippen LogP contribution in [0.5, 0.6) is 0 Å². The molecular weight excluding hydrogens is 246 g/mol. The van der Waals surface area contributed by atoms with Gasteiger partial charge in [-0.3, -0.25) is 9.59 Å². The second-order valence-electron chi connectivity index (χ2n) is 4.21. The van der Waals surface area contributed by atoms with E-state index >= 15 is 0 Å². The normalized spacial score (nSPS) is 10.7. The Balaban J connectivity index is 2.87. The molecule has 0 saturated carbocycles. The standard InChI is InChI=1S/C14H17NO4/c1-5-6-12(18)19-7-11(17)14-8(2)13(10(4)16)9(3)15-14/h5-6,15H,7H2,1-4H3/b6-5+. The van der Waals surface area contributed by atoms with Crippen molar-refractivity contribution in [3.8, 4) is 0 Å². The van der Waals surface area contributed by atoms with Crippen molar-refractivity contribution in [2.45, 2.75) is 27.7 Å². The van der Waals surface area contributed by atoms with E-state index in [1.807, 2.05) is 0 Å². The number of carbonyl (C=O) groups excluding carboxylic acids is 3. The molecule has 0 radical (unpaired) electrons. The molecule has 0 bridgehead atoms. The Bertz CT molecular complexity index is 552. The van der Waals surface area contributed by atoms with Crippen LogP contribution in [0, 0.1) is 13.8 Å². The first-order valence-corrected chi connectivity index (χ1v) is 5.91. The van der Waals surface area contributed by atoms with Crippen molar-refractivity contribution in [2.75, 3.05) is 6.61 Å². The summed E-state index contributed by atoms with van der Waals surface area (Å²) in [6.07, 6.45) is 2.77. The van der Waals surface area contributed by atoms with E-state index < -0.39 is 5.97 Å². The molecule has 5 heteroatoms. The summed E-state index contributed by atoms with van der Waals surface area (Å²) < 4.78 is 4.78. The van der Waals surface area contributed by atoms with Gasteiger partial charge in [0.25, 0.3) is 0 Å². The zero-order chi connectivity index (χ0) is 14.6. The molecule has 1 aromatic rings. The summed E-state index contributed by atoms with van der Waals surface area (Å²) in [4.78, 5) is 37.4. The lowest BCUT2D eigenvalue weighted by Crippen LogP contribution is -2.14. The number of carbonyl (C=O) groups is 3. The number of aromatic amines is 1. The molecule has 0 unspecified atom stereocenters. The molecule has 0 spiro atoms. The Morgan fingerprint density at radius 1 is 1.26 bits per heavy atom. The number of allylic oxidation sites excluding steroid dienone is 1. The summed E-state index contributed by atoms with van der Waals surface area (Å²) in [6, 6.07) is 0. The summed E-state index contributed by atoms with van der Waals surface area (Å²) >= 11 is 0. The highest BCUT2D eigenvalue weighted by Crippen LogP contribution is 2.18. The summed E-state index contributed by atoms with van der Waals surface area (Å²) in [5, 5.41) is 0. The summed E-state index contributed by atoms with van der Waals surface area (Å²) in [7, 11) is 0. The van der Waals surface area contributed by atoms with Crippen molar-refractivity contribution in [1.29, 1.82) is 0 Å². The highest BCUT2D eigenvalue weighted by molar-refractivity contribution is 6.04. The number of ketones is 2. The third kappa shape index (κ3) is 3.40. The smallest absolute Gasteiger partial charge is 0.330 e. The van der Waals surface area contributed by atoms with Crippen LogP contribution in [0.25, 0.3) is 0 Å².